The maximum Gasteiger partial charge on any atom is 0.498 e. The van der Waals surface area contributed by atoms with Gasteiger partial charge in [0.15, 0.2) is 5.16 Å². The number of likely N-dealkylation sites (tertiary alicyclic amines) is 1. The van der Waals surface area contributed by atoms with E-state index in [1.165, 1.54) is 25.7 Å². The summed E-state index contributed by atoms with van der Waals surface area (Å²) in [5.74, 6) is 1.79. The first-order valence-electron chi connectivity index (χ1n) is 10.4. The smallest absolute Gasteiger partial charge is 0.399 e. The van der Waals surface area contributed by atoms with E-state index in [4.69, 9.17) is 14.4 Å². The Labute approximate surface area is 173 Å². The van der Waals surface area contributed by atoms with Crippen LogP contribution in [0.4, 0.5) is 0 Å². The van der Waals surface area contributed by atoms with Crippen LogP contribution in [0.15, 0.2) is 17.6 Å². The van der Waals surface area contributed by atoms with Crippen LogP contribution in [0.2, 0.25) is 0 Å². The van der Waals surface area contributed by atoms with Crippen LogP contribution < -0.4 is 5.46 Å². The lowest BCUT2D eigenvalue weighted by Gasteiger charge is -2.32. The minimum Gasteiger partial charge on any atom is -0.399 e. The van der Waals surface area contributed by atoms with Gasteiger partial charge < -0.3 is 19.3 Å². The van der Waals surface area contributed by atoms with Crippen LogP contribution in [0.3, 0.4) is 0 Å². The van der Waals surface area contributed by atoms with E-state index in [-0.39, 0.29) is 17.8 Å². The largest absolute Gasteiger partial charge is 0.498 e. The van der Waals surface area contributed by atoms with Crippen molar-refractivity contribution in [1.29, 1.82) is 0 Å². The average Bonchev–Trinajstić information content (AvgIpc) is 2.87. The van der Waals surface area contributed by atoms with E-state index in [0.29, 0.717) is 0 Å². The van der Waals surface area contributed by atoms with E-state index in [1.54, 1.807) is 11.8 Å². The SMILES string of the molecule is CC1(C)OB(c2cnc(SCCCC3CCCN(CCO)C3)nc2)OC1(C)C. The molecule has 1 aromatic heterocycles. The highest BCUT2D eigenvalue weighted by Crippen LogP contribution is 2.36. The second-order valence-corrected chi connectivity index (χ2v) is 9.97. The highest BCUT2D eigenvalue weighted by Gasteiger charge is 2.51. The summed E-state index contributed by atoms with van der Waals surface area (Å²) in [6.45, 7) is 11.5. The molecule has 2 saturated heterocycles. The molecule has 28 heavy (non-hydrogen) atoms. The van der Waals surface area contributed by atoms with E-state index in [0.717, 1.165) is 41.9 Å². The molecule has 0 amide bonds. The average molecular weight is 407 g/mol. The highest BCUT2D eigenvalue weighted by molar-refractivity contribution is 7.99. The van der Waals surface area contributed by atoms with Gasteiger partial charge in [-0.05, 0) is 65.8 Å². The third-order valence-electron chi connectivity index (χ3n) is 6.18. The summed E-state index contributed by atoms with van der Waals surface area (Å²) in [4.78, 5) is 11.4. The number of hydrogen-bond donors (Lipinski definition) is 1. The summed E-state index contributed by atoms with van der Waals surface area (Å²) in [7, 11) is -0.405. The molecule has 2 fully saturated rings. The van der Waals surface area contributed by atoms with Crippen molar-refractivity contribution in [1.82, 2.24) is 14.9 Å². The minimum absolute atomic E-state index is 0.266. The highest BCUT2D eigenvalue weighted by atomic mass is 32.2. The van der Waals surface area contributed by atoms with Crippen molar-refractivity contribution in [3.63, 3.8) is 0 Å². The quantitative estimate of drug-likeness (QED) is 0.307. The van der Waals surface area contributed by atoms with Gasteiger partial charge in [-0.3, -0.25) is 0 Å². The third kappa shape index (κ3) is 5.48. The van der Waals surface area contributed by atoms with E-state index >= 15 is 0 Å². The lowest BCUT2D eigenvalue weighted by molar-refractivity contribution is 0.00578. The van der Waals surface area contributed by atoms with E-state index < -0.39 is 7.12 Å². The molecule has 6 nitrogen and oxygen atoms in total. The van der Waals surface area contributed by atoms with Gasteiger partial charge in [0.25, 0.3) is 0 Å². The van der Waals surface area contributed by atoms with Crippen molar-refractivity contribution in [3.05, 3.63) is 12.4 Å². The van der Waals surface area contributed by atoms with Crippen LogP contribution in [-0.2, 0) is 9.31 Å². The Hall–Kier alpha value is -0.665. The van der Waals surface area contributed by atoms with E-state index in [9.17, 15) is 0 Å². The molecule has 3 rings (SSSR count). The Morgan fingerprint density at radius 2 is 1.89 bits per heavy atom. The first kappa shape index (κ1) is 22.0. The standard InChI is InChI=1S/C20H34BN3O3S/c1-19(2)20(3,4)27-21(26-19)17-13-22-18(23-14-17)28-12-6-8-16-7-5-9-24(15-16)10-11-25/h13-14,16,25H,5-12,15H2,1-4H3. The molecular weight excluding hydrogens is 373 g/mol. The summed E-state index contributed by atoms with van der Waals surface area (Å²) >= 11 is 1.71. The van der Waals surface area contributed by atoms with Crippen molar-refractivity contribution in [2.45, 2.75) is 69.7 Å². The number of aliphatic hydroxyl groups excluding tert-OH is 1. The predicted molar refractivity (Wildman–Crippen MR) is 114 cm³/mol. The molecule has 2 aliphatic rings. The number of aliphatic hydroxyl groups is 1. The van der Waals surface area contributed by atoms with Gasteiger partial charge in [-0.25, -0.2) is 9.97 Å². The van der Waals surface area contributed by atoms with Crippen LogP contribution in [0, 0.1) is 5.92 Å². The van der Waals surface area contributed by atoms with Gasteiger partial charge in [0.05, 0.1) is 17.8 Å². The summed E-state index contributed by atoms with van der Waals surface area (Å²) in [6, 6.07) is 0. The Kier molecular flexibility index (Phi) is 7.42. The van der Waals surface area contributed by atoms with Gasteiger partial charge in [0.1, 0.15) is 0 Å². The van der Waals surface area contributed by atoms with Crippen molar-refractivity contribution in [2.24, 2.45) is 5.92 Å². The zero-order valence-corrected chi connectivity index (χ0v) is 18.5. The van der Waals surface area contributed by atoms with Gasteiger partial charge in [-0.1, -0.05) is 11.8 Å². The summed E-state index contributed by atoms with van der Waals surface area (Å²) in [6.07, 6.45) is 8.62. The van der Waals surface area contributed by atoms with Gasteiger partial charge in [-0.15, -0.1) is 0 Å². The molecule has 1 N–H and O–H groups in total. The fraction of sp³-hybridized carbons (Fsp3) is 0.800. The first-order chi connectivity index (χ1) is 13.3. The van der Waals surface area contributed by atoms with Gasteiger partial charge >= 0.3 is 7.12 Å². The zero-order valence-electron chi connectivity index (χ0n) is 17.7. The zero-order chi connectivity index (χ0) is 20.2. The molecule has 1 unspecified atom stereocenters. The van der Waals surface area contributed by atoms with E-state index in [2.05, 4.69) is 14.9 Å². The van der Waals surface area contributed by atoms with Crippen LogP contribution in [0.5, 0.6) is 0 Å². The second kappa shape index (κ2) is 9.43. The number of β-amino-alcohol motifs (C(OH)–C–C–N with tert-alkyl or cyclic N) is 1. The Bertz CT molecular complexity index is 612. The molecule has 0 aromatic carbocycles. The molecule has 1 aromatic rings. The van der Waals surface area contributed by atoms with Gasteiger partial charge in [0, 0.05) is 36.7 Å². The number of rotatable bonds is 8. The number of hydrogen-bond acceptors (Lipinski definition) is 7. The van der Waals surface area contributed by atoms with E-state index in [1.807, 2.05) is 40.1 Å². The molecule has 2 aliphatic heterocycles. The molecular formula is C20H34BN3O3S. The number of nitrogens with zero attached hydrogens (tertiary/aromatic N) is 3. The number of thioether (sulfide) groups is 1. The molecule has 156 valence electrons. The minimum atomic E-state index is -0.405. The molecule has 0 saturated carbocycles. The fourth-order valence-electron chi connectivity index (χ4n) is 3.77. The summed E-state index contributed by atoms with van der Waals surface area (Å²) < 4.78 is 12.1. The summed E-state index contributed by atoms with van der Waals surface area (Å²) in [5, 5.41) is 9.92. The number of aromatic nitrogens is 2. The fourth-order valence-corrected chi connectivity index (χ4v) is 4.52. The van der Waals surface area contributed by atoms with Crippen molar-refractivity contribution >= 4 is 24.3 Å². The monoisotopic (exact) mass is 407 g/mol. The lowest BCUT2D eigenvalue weighted by atomic mass is 9.81. The first-order valence-corrected chi connectivity index (χ1v) is 11.4. The maximum atomic E-state index is 9.11. The molecule has 3 heterocycles. The molecule has 8 heteroatoms. The van der Waals surface area contributed by atoms with Crippen molar-refractivity contribution < 1.29 is 14.4 Å². The van der Waals surface area contributed by atoms with Crippen LogP contribution in [-0.4, -0.2) is 70.3 Å². The Morgan fingerprint density at radius 1 is 1.21 bits per heavy atom. The molecule has 1 atom stereocenters. The predicted octanol–water partition coefficient (Wildman–Crippen LogP) is 2.35. The van der Waals surface area contributed by atoms with Crippen LogP contribution >= 0.6 is 11.8 Å². The van der Waals surface area contributed by atoms with Crippen LogP contribution in [0.1, 0.15) is 53.4 Å². The topological polar surface area (TPSA) is 67.7 Å². The molecule has 0 spiro atoms. The lowest BCUT2D eigenvalue weighted by Crippen LogP contribution is -2.41. The third-order valence-corrected chi connectivity index (χ3v) is 7.14. The molecule has 0 bridgehead atoms. The Morgan fingerprint density at radius 3 is 2.54 bits per heavy atom. The maximum absolute atomic E-state index is 9.11. The number of piperidine rings is 1. The van der Waals surface area contributed by atoms with Crippen LogP contribution in [0.25, 0.3) is 0 Å². The molecule has 0 radical (unpaired) electrons. The normalized spacial score (nSPS) is 24.6. The van der Waals surface area contributed by atoms with Crippen molar-refractivity contribution in [3.8, 4) is 0 Å². The Balaban J connectivity index is 1.41. The second-order valence-electron chi connectivity index (χ2n) is 8.91. The summed E-state index contributed by atoms with van der Waals surface area (Å²) in [5.41, 5.74) is 0.169. The molecule has 0 aliphatic carbocycles. The van der Waals surface area contributed by atoms with Gasteiger partial charge in [-0.2, -0.15) is 0 Å². The van der Waals surface area contributed by atoms with Crippen molar-refractivity contribution in [2.75, 3.05) is 32.0 Å². The van der Waals surface area contributed by atoms with Gasteiger partial charge in [0.2, 0.25) is 0 Å².